The van der Waals surface area contributed by atoms with Crippen molar-refractivity contribution in [2.24, 2.45) is 11.7 Å². The average Bonchev–Trinajstić information content (AvgIpc) is 3.28. The Hall–Kier alpha value is -2.74. The van der Waals surface area contributed by atoms with Gasteiger partial charge in [0, 0.05) is 19.2 Å². The molecule has 0 radical (unpaired) electrons. The molecule has 3 N–H and O–H groups in total. The number of urea groups is 1. The summed E-state index contributed by atoms with van der Waals surface area (Å²) >= 11 is 0. The first-order valence-corrected chi connectivity index (χ1v) is 9.05. The van der Waals surface area contributed by atoms with Gasteiger partial charge in [0.25, 0.3) is 0 Å². The number of methoxy groups -OCH3 is 2. The number of aryl methyl sites for hydroxylation is 1. The summed E-state index contributed by atoms with van der Waals surface area (Å²) in [7, 11) is 3.21. The van der Waals surface area contributed by atoms with Gasteiger partial charge in [-0.25, -0.2) is 9.48 Å². The van der Waals surface area contributed by atoms with E-state index in [2.05, 4.69) is 10.4 Å². The molecule has 2 amide bonds. The van der Waals surface area contributed by atoms with E-state index in [1.165, 1.54) is 0 Å². The summed E-state index contributed by atoms with van der Waals surface area (Å²) in [5, 5.41) is 7.49. The monoisotopic (exact) mass is 373 g/mol. The number of nitrogens with zero attached hydrogens (tertiary/aromatic N) is 3. The molecule has 0 saturated carbocycles. The highest BCUT2D eigenvalue weighted by Crippen LogP contribution is 2.28. The predicted molar refractivity (Wildman–Crippen MR) is 103 cm³/mol. The summed E-state index contributed by atoms with van der Waals surface area (Å²) in [6.07, 6.45) is 0.952. The van der Waals surface area contributed by atoms with Gasteiger partial charge in [-0.1, -0.05) is 6.07 Å². The number of anilines is 1. The smallest absolute Gasteiger partial charge is 0.323 e. The average molecular weight is 373 g/mol. The molecule has 0 aliphatic carbocycles. The van der Waals surface area contributed by atoms with E-state index in [1.54, 1.807) is 23.8 Å². The van der Waals surface area contributed by atoms with E-state index >= 15 is 0 Å². The van der Waals surface area contributed by atoms with E-state index < -0.39 is 0 Å². The lowest BCUT2D eigenvalue weighted by atomic mass is 10.1. The minimum atomic E-state index is -0.112. The maximum Gasteiger partial charge on any atom is 0.323 e. The van der Waals surface area contributed by atoms with Crippen molar-refractivity contribution in [2.45, 2.75) is 19.9 Å². The fourth-order valence-corrected chi connectivity index (χ4v) is 3.32. The topological polar surface area (TPSA) is 94.6 Å². The highest BCUT2D eigenvalue weighted by atomic mass is 16.5. The molecule has 146 valence electrons. The zero-order chi connectivity index (χ0) is 19.4. The van der Waals surface area contributed by atoms with Crippen LogP contribution in [0.2, 0.25) is 0 Å². The van der Waals surface area contributed by atoms with Crippen LogP contribution in [0.25, 0.3) is 0 Å². The molecular formula is C19H27N5O3. The van der Waals surface area contributed by atoms with Crippen LogP contribution in [0.15, 0.2) is 24.3 Å². The number of likely N-dealkylation sites (tertiary alicyclic amines) is 1. The minimum Gasteiger partial charge on any atom is -0.493 e. The summed E-state index contributed by atoms with van der Waals surface area (Å²) < 4.78 is 12.4. The largest absolute Gasteiger partial charge is 0.493 e. The molecule has 1 saturated heterocycles. The standard InChI is InChI=1S/C19H27N5O3/c1-13-8-18(21-19(25)23-7-6-15(10-20)11-23)24(22-13)12-14-4-5-16(26-2)17(9-14)27-3/h4-5,8-9,15H,6-7,10-12,20H2,1-3H3,(H,21,25)/t15-/m0/s1. The normalized spacial score (nSPS) is 16.4. The summed E-state index contributed by atoms with van der Waals surface area (Å²) in [4.78, 5) is 14.4. The molecule has 8 heteroatoms. The Bertz CT molecular complexity index is 805. The Morgan fingerprint density at radius 3 is 2.74 bits per heavy atom. The zero-order valence-corrected chi connectivity index (χ0v) is 16.1. The molecule has 27 heavy (non-hydrogen) atoms. The fraction of sp³-hybridized carbons (Fsp3) is 0.474. The minimum absolute atomic E-state index is 0.112. The van der Waals surface area contributed by atoms with Crippen LogP contribution in [-0.2, 0) is 6.54 Å². The third-order valence-corrected chi connectivity index (χ3v) is 4.82. The van der Waals surface area contributed by atoms with Gasteiger partial charge in [-0.3, -0.25) is 5.32 Å². The lowest BCUT2D eigenvalue weighted by Gasteiger charge is -2.18. The van der Waals surface area contributed by atoms with Gasteiger partial charge in [-0.2, -0.15) is 5.10 Å². The van der Waals surface area contributed by atoms with Crippen LogP contribution in [-0.4, -0.2) is 54.6 Å². The van der Waals surface area contributed by atoms with Gasteiger partial charge in [0.2, 0.25) is 0 Å². The molecule has 0 bridgehead atoms. The molecule has 3 rings (SSSR count). The number of amides is 2. The van der Waals surface area contributed by atoms with Gasteiger partial charge >= 0.3 is 6.03 Å². The van der Waals surface area contributed by atoms with Crippen LogP contribution >= 0.6 is 0 Å². The molecule has 1 fully saturated rings. The van der Waals surface area contributed by atoms with Crippen LogP contribution < -0.4 is 20.5 Å². The summed E-state index contributed by atoms with van der Waals surface area (Å²) in [5.41, 5.74) is 7.55. The van der Waals surface area contributed by atoms with Crippen LogP contribution in [0, 0.1) is 12.8 Å². The number of hydrogen-bond donors (Lipinski definition) is 2. The van der Waals surface area contributed by atoms with E-state index in [-0.39, 0.29) is 6.03 Å². The molecule has 0 spiro atoms. The Morgan fingerprint density at radius 1 is 1.30 bits per heavy atom. The predicted octanol–water partition coefficient (Wildman–Crippen LogP) is 2.07. The second-order valence-corrected chi connectivity index (χ2v) is 6.78. The van der Waals surface area contributed by atoms with E-state index in [0.717, 1.165) is 24.2 Å². The molecule has 2 heterocycles. The molecule has 1 aliphatic heterocycles. The lowest BCUT2D eigenvalue weighted by molar-refractivity contribution is 0.220. The van der Waals surface area contributed by atoms with E-state index in [1.807, 2.05) is 31.2 Å². The van der Waals surface area contributed by atoms with Crippen molar-refractivity contribution >= 4 is 11.8 Å². The number of aromatic nitrogens is 2. The Kier molecular flexibility index (Phi) is 5.85. The molecule has 8 nitrogen and oxygen atoms in total. The second-order valence-electron chi connectivity index (χ2n) is 6.78. The van der Waals surface area contributed by atoms with Gasteiger partial charge < -0.3 is 20.1 Å². The van der Waals surface area contributed by atoms with Crippen LogP contribution in [0.3, 0.4) is 0 Å². The molecule has 1 atom stereocenters. The van der Waals surface area contributed by atoms with Gasteiger partial charge in [0.05, 0.1) is 26.5 Å². The number of carbonyl (C=O) groups is 1. The van der Waals surface area contributed by atoms with Gasteiger partial charge in [-0.05, 0) is 43.5 Å². The summed E-state index contributed by atoms with van der Waals surface area (Å²) in [6.45, 7) is 4.46. The second kappa shape index (κ2) is 8.30. The van der Waals surface area contributed by atoms with Crippen molar-refractivity contribution < 1.29 is 14.3 Å². The van der Waals surface area contributed by atoms with Crippen molar-refractivity contribution in [3.05, 3.63) is 35.5 Å². The number of nitrogens with one attached hydrogen (secondary N) is 1. The Morgan fingerprint density at radius 2 is 2.07 bits per heavy atom. The third-order valence-electron chi connectivity index (χ3n) is 4.82. The quantitative estimate of drug-likeness (QED) is 0.808. The maximum atomic E-state index is 12.6. The number of hydrogen-bond acceptors (Lipinski definition) is 5. The van der Waals surface area contributed by atoms with Crippen molar-refractivity contribution in [3.8, 4) is 11.5 Å². The summed E-state index contributed by atoms with van der Waals surface area (Å²) in [5.74, 6) is 2.39. The van der Waals surface area contributed by atoms with E-state index in [0.29, 0.717) is 42.9 Å². The molecule has 1 aromatic heterocycles. The van der Waals surface area contributed by atoms with Crippen molar-refractivity contribution in [3.63, 3.8) is 0 Å². The zero-order valence-electron chi connectivity index (χ0n) is 16.1. The number of nitrogens with two attached hydrogens (primary N) is 1. The fourth-order valence-electron chi connectivity index (χ4n) is 3.32. The highest BCUT2D eigenvalue weighted by Gasteiger charge is 2.26. The van der Waals surface area contributed by atoms with Crippen molar-refractivity contribution in [2.75, 3.05) is 39.2 Å². The van der Waals surface area contributed by atoms with Crippen molar-refractivity contribution in [1.82, 2.24) is 14.7 Å². The maximum absolute atomic E-state index is 12.6. The molecule has 1 aromatic carbocycles. The lowest BCUT2D eigenvalue weighted by Crippen LogP contribution is -2.34. The van der Waals surface area contributed by atoms with Gasteiger partial charge in [-0.15, -0.1) is 0 Å². The highest BCUT2D eigenvalue weighted by molar-refractivity contribution is 5.88. The van der Waals surface area contributed by atoms with Crippen LogP contribution in [0.1, 0.15) is 17.7 Å². The summed E-state index contributed by atoms with van der Waals surface area (Å²) in [6, 6.07) is 7.48. The third kappa shape index (κ3) is 4.33. The molecule has 2 aromatic rings. The first kappa shape index (κ1) is 19.0. The number of ether oxygens (including phenoxy) is 2. The van der Waals surface area contributed by atoms with Gasteiger partial charge in [0.1, 0.15) is 5.82 Å². The van der Waals surface area contributed by atoms with Crippen LogP contribution in [0.4, 0.5) is 10.6 Å². The number of carbonyl (C=O) groups excluding carboxylic acids is 1. The van der Waals surface area contributed by atoms with Crippen LogP contribution in [0.5, 0.6) is 11.5 Å². The number of rotatable bonds is 6. The van der Waals surface area contributed by atoms with Gasteiger partial charge in [0.15, 0.2) is 11.5 Å². The molecule has 0 unspecified atom stereocenters. The first-order valence-electron chi connectivity index (χ1n) is 9.05. The Balaban J connectivity index is 1.73. The SMILES string of the molecule is COc1ccc(Cn2nc(C)cc2NC(=O)N2CC[C@@H](CN)C2)cc1OC. The first-order chi connectivity index (χ1) is 13.0. The number of benzene rings is 1. The van der Waals surface area contributed by atoms with E-state index in [9.17, 15) is 4.79 Å². The molecular weight excluding hydrogens is 346 g/mol. The Labute approximate surface area is 159 Å². The molecule has 1 aliphatic rings. The van der Waals surface area contributed by atoms with Crippen molar-refractivity contribution in [1.29, 1.82) is 0 Å². The van der Waals surface area contributed by atoms with E-state index in [4.69, 9.17) is 15.2 Å².